The second-order valence-electron chi connectivity index (χ2n) is 7.80. The number of sulfonamides is 1. The van der Waals surface area contributed by atoms with Crippen LogP contribution in [0.3, 0.4) is 0 Å². The topological polar surface area (TPSA) is 69.7 Å². The lowest BCUT2D eigenvalue weighted by atomic mass is 9.97. The minimum Gasteiger partial charge on any atom is -0.355 e. The molecule has 2 aliphatic heterocycles. The molecule has 162 valence electrons. The van der Waals surface area contributed by atoms with Gasteiger partial charge in [-0.15, -0.1) is 0 Å². The van der Waals surface area contributed by atoms with Crippen molar-refractivity contribution in [3.05, 3.63) is 29.8 Å². The fourth-order valence-electron chi connectivity index (χ4n) is 4.01. The summed E-state index contributed by atoms with van der Waals surface area (Å²) in [7, 11) is -4.12. The number of nitrogens with zero attached hydrogens (tertiary/aromatic N) is 2. The molecule has 2 aliphatic rings. The number of carbonyl (C=O) groups excluding carboxylic acids is 1. The molecule has 3 rings (SSSR count). The van der Waals surface area contributed by atoms with E-state index in [1.54, 1.807) is 0 Å². The van der Waals surface area contributed by atoms with Crippen LogP contribution in [0, 0.1) is 17.6 Å². The van der Waals surface area contributed by atoms with Crippen molar-refractivity contribution in [3.63, 3.8) is 0 Å². The zero-order valence-corrected chi connectivity index (χ0v) is 17.4. The molecule has 0 spiro atoms. The summed E-state index contributed by atoms with van der Waals surface area (Å²) >= 11 is 0. The Labute approximate surface area is 171 Å². The molecule has 0 saturated carbocycles. The van der Waals surface area contributed by atoms with Crippen molar-refractivity contribution < 1.29 is 22.0 Å². The number of benzene rings is 1. The van der Waals surface area contributed by atoms with Crippen LogP contribution < -0.4 is 5.32 Å². The zero-order chi connectivity index (χ0) is 20.9. The number of hydrogen-bond acceptors (Lipinski definition) is 4. The van der Waals surface area contributed by atoms with Crippen molar-refractivity contribution in [2.24, 2.45) is 5.92 Å². The average molecular weight is 430 g/mol. The lowest BCUT2D eigenvalue weighted by molar-refractivity contribution is -0.126. The molecule has 0 aliphatic carbocycles. The number of carbonyl (C=O) groups is 1. The number of likely N-dealkylation sites (tertiary alicyclic amines) is 1. The number of amides is 1. The Bertz CT molecular complexity index is 803. The summed E-state index contributed by atoms with van der Waals surface area (Å²) in [5.41, 5.74) is 0. The predicted octanol–water partition coefficient (Wildman–Crippen LogP) is 2.36. The molecule has 1 N–H and O–H groups in total. The first-order chi connectivity index (χ1) is 13.9. The molecule has 0 aromatic heterocycles. The monoisotopic (exact) mass is 429 g/mol. The van der Waals surface area contributed by atoms with E-state index in [0.717, 1.165) is 36.1 Å². The maximum Gasteiger partial charge on any atom is 0.246 e. The van der Waals surface area contributed by atoms with E-state index in [9.17, 15) is 22.0 Å². The molecule has 0 radical (unpaired) electrons. The number of hydrogen-bond donors (Lipinski definition) is 1. The zero-order valence-electron chi connectivity index (χ0n) is 16.6. The van der Waals surface area contributed by atoms with Crippen LogP contribution in [-0.4, -0.2) is 62.8 Å². The van der Waals surface area contributed by atoms with Gasteiger partial charge in [0, 0.05) is 32.1 Å². The van der Waals surface area contributed by atoms with Crippen LogP contribution >= 0.6 is 0 Å². The standard InChI is InChI=1S/C20H29F2N3O3S/c21-17-5-6-18(22)19(15-17)29(27,28)25-12-7-16(8-13-25)20(26)23-9-14-24-10-3-1-2-4-11-24/h5-6,15-16H,1-4,7-14H2,(H,23,26). The second-order valence-corrected chi connectivity index (χ2v) is 9.71. The Hall–Kier alpha value is -1.58. The van der Waals surface area contributed by atoms with E-state index >= 15 is 0 Å². The van der Waals surface area contributed by atoms with Crippen molar-refractivity contribution >= 4 is 15.9 Å². The third-order valence-electron chi connectivity index (χ3n) is 5.76. The second kappa shape index (κ2) is 9.95. The highest BCUT2D eigenvalue weighted by atomic mass is 32.2. The molecule has 0 bridgehead atoms. The Morgan fingerprint density at radius 2 is 1.69 bits per heavy atom. The van der Waals surface area contributed by atoms with Crippen LogP contribution in [0.4, 0.5) is 8.78 Å². The van der Waals surface area contributed by atoms with Gasteiger partial charge in [0.2, 0.25) is 15.9 Å². The summed E-state index contributed by atoms with van der Waals surface area (Å²) in [6.07, 6.45) is 5.67. The van der Waals surface area contributed by atoms with Gasteiger partial charge in [-0.3, -0.25) is 4.79 Å². The van der Waals surface area contributed by atoms with Gasteiger partial charge in [0.25, 0.3) is 0 Å². The van der Waals surface area contributed by atoms with Gasteiger partial charge in [-0.1, -0.05) is 12.8 Å². The molecule has 0 unspecified atom stereocenters. The third kappa shape index (κ3) is 5.73. The van der Waals surface area contributed by atoms with E-state index in [1.165, 1.54) is 25.7 Å². The number of rotatable bonds is 6. The fourth-order valence-corrected chi connectivity index (χ4v) is 5.56. The quantitative estimate of drug-likeness (QED) is 0.754. The highest BCUT2D eigenvalue weighted by molar-refractivity contribution is 7.89. The van der Waals surface area contributed by atoms with Crippen LogP contribution in [0.1, 0.15) is 38.5 Å². The Morgan fingerprint density at radius 3 is 2.34 bits per heavy atom. The molecule has 2 heterocycles. The van der Waals surface area contributed by atoms with E-state index < -0.39 is 26.6 Å². The van der Waals surface area contributed by atoms with E-state index in [0.29, 0.717) is 25.5 Å². The largest absolute Gasteiger partial charge is 0.355 e. The molecular weight excluding hydrogens is 400 g/mol. The minimum absolute atomic E-state index is 0.0613. The van der Waals surface area contributed by atoms with E-state index in [-0.39, 0.29) is 24.9 Å². The summed E-state index contributed by atoms with van der Waals surface area (Å²) in [6.45, 7) is 3.79. The van der Waals surface area contributed by atoms with E-state index in [2.05, 4.69) is 10.2 Å². The molecule has 29 heavy (non-hydrogen) atoms. The van der Waals surface area contributed by atoms with Crippen molar-refractivity contribution in [1.29, 1.82) is 0 Å². The molecule has 0 atom stereocenters. The Kier molecular flexibility index (Phi) is 7.59. The molecule has 2 fully saturated rings. The average Bonchev–Trinajstić information content (AvgIpc) is 2.98. The van der Waals surface area contributed by atoms with Crippen molar-refractivity contribution in [2.45, 2.75) is 43.4 Å². The lowest BCUT2D eigenvalue weighted by Crippen LogP contribution is -2.44. The van der Waals surface area contributed by atoms with Gasteiger partial charge >= 0.3 is 0 Å². The molecule has 2 saturated heterocycles. The first-order valence-electron chi connectivity index (χ1n) is 10.3. The fraction of sp³-hybridized carbons (Fsp3) is 0.650. The number of nitrogens with one attached hydrogen (secondary N) is 1. The van der Waals surface area contributed by atoms with Gasteiger partial charge in [-0.05, 0) is 57.0 Å². The first kappa shape index (κ1) is 22.1. The summed E-state index contributed by atoms with van der Waals surface area (Å²) in [4.78, 5) is 14.1. The third-order valence-corrected chi connectivity index (χ3v) is 7.68. The van der Waals surface area contributed by atoms with Crippen LogP contribution in [-0.2, 0) is 14.8 Å². The van der Waals surface area contributed by atoms with Gasteiger partial charge in [0.15, 0.2) is 0 Å². The normalized spacial score (nSPS) is 20.3. The van der Waals surface area contributed by atoms with Gasteiger partial charge in [-0.25, -0.2) is 17.2 Å². The minimum atomic E-state index is -4.12. The molecule has 6 nitrogen and oxygen atoms in total. The molecule has 1 aromatic carbocycles. The van der Waals surface area contributed by atoms with Crippen molar-refractivity contribution in [2.75, 3.05) is 39.3 Å². The van der Waals surface area contributed by atoms with Gasteiger partial charge in [-0.2, -0.15) is 4.31 Å². The predicted molar refractivity (Wildman–Crippen MR) is 106 cm³/mol. The van der Waals surface area contributed by atoms with Crippen LogP contribution in [0.2, 0.25) is 0 Å². The summed E-state index contributed by atoms with van der Waals surface area (Å²) in [6, 6.07) is 2.40. The van der Waals surface area contributed by atoms with Crippen molar-refractivity contribution in [1.82, 2.24) is 14.5 Å². The number of halogens is 2. The lowest BCUT2D eigenvalue weighted by Gasteiger charge is -2.30. The van der Waals surface area contributed by atoms with Crippen LogP contribution in [0.25, 0.3) is 0 Å². The Morgan fingerprint density at radius 1 is 1.03 bits per heavy atom. The van der Waals surface area contributed by atoms with Gasteiger partial charge in [0.05, 0.1) is 0 Å². The highest BCUT2D eigenvalue weighted by Crippen LogP contribution is 2.26. The number of piperidine rings is 1. The molecule has 1 amide bonds. The van der Waals surface area contributed by atoms with Gasteiger partial charge in [0.1, 0.15) is 16.5 Å². The van der Waals surface area contributed by atoms with Crippen LogP contribution in [0.15, 0.2) is 23.1 Å². The summed E-state index contributed by atoms with van der Waals surface area (Å²) in [5, 5.41) is 2.96. The highest BCUT2D eigenvalue weighted by Gasteiger charge is 2.33. The molecule has 9 heteroatoms. The smallest absolute Gasteiger partial charge is 0.246 e. The van der Waals surface area contributed by atoms with Crippen LogP contribution in [0.5, 0.6) is 0 Å². The first-order valence-corrected chi connectivity index (χ1v) is 11.8. The van der Waals surface area contributed by atoms with Gasteiger partial charge < -0.3 is 10.2 Å². The Balaban J connectivity index is 1.48. The van der Waals surface area contributed by atoms with E-state index in [4.69, 9.17) is 0 Å². The summed E-state index contributed by atoms with van der Waals surface area (Å²) in [5.74, 6) is -2.10. The SMILES string of the molecule is O=C(NCCN1CCCCCC1)C1CCN(S(=O)(=O)c2cc(F)ccc2F)CC1. The maximum atomic E-state index is 13.9. The molecular formula is C20H29F2N3O3S. The van der Waals surface area contributed by atoms with Crippen molar-refractivity contribution in [3.8, 4) is 0 Å². The maximum absolute atomic E-state index is 13.9. The summed E-state index contributed by atoms with van der Waals surface area (Å²) < 4.78 is 53.7. The van der Waals surface area contributed by atoms with E-state index in [1.807, 2.05) is 0 Å². The molecule has 1 aromatic rings.